The first-order valence-corrected chi connectivity index (χ1v) is 11.0. The average molecular weight is 432 g/mol. The Labute approximate surface area is 191 Å². The number of carbonyl (C=O) groups excluding carboxylic acids is 1. The van der Waals surface area contributed by atoms with Crippen molar-refractivity contribution in [1.29, 1.82) is 0 Å². The van der Waals surface area contributed by atoms with E-state index in [1.807, 2.05) is 49.4 Å². The van der Waals surface area contributed by atoms with Gasteiger partial charge in [-0.15, -0.1) is 0 Å². The second-order valence-corrected chi connectivity index (χ2v) is 9.01. The van der Waals surface area contributed by atoms with Crippen molar-refractivity contribution >= 4 is 11.6 Å². The Hall–Kier alpha value is -3.27. The quantitative estimate of drug-likeness (QED) is 0.453. The van der Waals surface area contributed by atoms with E-state index in [9.17, 15) is 4.79 Å². The Kier molecular flexibility index (Phi) is 7.24. The summed E-state index contributed by atoms with van der Waals surface area (Å²) in [5.41, 5.74) is 5.79. The number of hydrogen-bond donors (Lipinski definition) is 1. The molecule has 0 spiro atoms. The average Bonchev–Trinajstić information content (AvgIpc) is 2.78. The van der Waals surface area contributed by atoms with E-state index in [0.29, 0.717) is 17.9 Å². The summed E-state index contributed by atoms with van der Waals surface area (Å²) < 4.78 is 11.5. The molecule has 0 unspecified atom stereocenters. The Balaban J connectivity index is 1.77. The van der Waals surface area contributed by atoms with E-state index in [0.717, 1.165) is 34.5 Å². The summed E-state index contributed by atoms with van der Waals surface area (Å²) >= 11 is 0. The van der Waals surface area contributed by atoms with Crippen molar-refractivity contribution in [2.24, 2.45) is 0 Å². The van der Waals surface area contributed by atoms with Crippen LogP contribution in [0.25, 0.3) is 0 Å². The first-order chi connectivity index (χ1) is 15.2. The Bertz CT molecular complexity index is 1080. The SMILES string of the molecule is CCc1cccc(C)c1NC(=O)c1ccc(OC)c(COc2ccc(C(C)(C)C)cc2)c1. The van der Waals surface area contributed by atoms with Crippen LogP contribution in [0.5, 0.6) is 11.5 Å². The predicted octanol–water partition coefficient (Wildman–Crippen LogP) is 6.69. The lowest BCUT2D eigenvalue weighted by Gasteiger charge is -2.19. The van der Waals surface area contributed by atoms with Gasteiger partial charge in [0.05, 0.1) is 7.11 Å². The first-order valence-electron chi connectivity index (χ1n) is 11.0. The smallest absolute Gasteiger partial charge is 0.255 e. The van der Waals surface area contributed by atoms with Gasteiger partial charge in [0.15, 0.2) is 0 Å². The van der Waals surface area contributed by atoms with Gasteiger partial charge in [-0.3, -0.25) is 4.79 Å². The Morgan fingerprint density at radius 2 is 1.69 bits per heavy atom. The standard InChI is InChI=1S/C28H33NO3/c1-7-20-10-8-9-19(2)26(20)29-27(30)21-11-16-25(31-6)22(17-21)18-32-24-14-12-23(13-15-24)28(3,4)5/h8-17H,7,18H2,1-6H3,(H,29,30). The fourth-order valence-corrected chi connectivity index (χ4v) is 3.63. The van der Waals surface area contributed by atoms with Gasteiger partial charge < -0.3 is 14.8 Å². The van der Waals surface area contributed by atoms with E-state index in [1.54, 1.807) is 13.2 Å². The van der Waals surface area contributed by atoms with Gasteiger partial charge in [-0.05, 0) is 65.8 Å². The molecular formula is C28H33NO3. The van der Waals surface area contributed by atoms with Gasteiger partial charge in [-0.1, -0.05) is 58.0 Å². The van der Waals surface area contributed by atoms with Crippen LogP contribution in [0.1, 0.15) is 60.3 Å². The number of ether oxygens (including phenoxy) is 2. The van der Waals surface area contributed by atoms with Gasteiger partial charge in [0.1, 0.15) is 18.1 Å². The van der Waals surface area contributed by atoms with Crippen LogP contribution in [0, 0.1) is 6.92 Å². The molecule has 0 radical (unpaired) electrons. The molecular weight excluding hydrogens is 398 g/mol. The van der Waals surface area contributed by atoms with Crippen LogP contribution in [0.3, 0.4) is 0 Å². The van der Waals surface area contributed by atoms with Crippen LogP contribution in [-0.4, -0.2) is 13.0 Å². The molecule has 0 aliphatic carbocycles. The highest BCUT2D eigenvalue weighted by atomic mass is 16.5. The Morgan fingerprint density at radius 3 is 2.31 bits per heavy atom. The molecule has 4 heteroatoms. The number of carbonyl (C=O) groups is 1. The molecule has 0 aliphatic heterocycles. The maximum absolute atomic E-state index is 13.0. The van der Waals surface area contributed by atoms with E-state index in [2.05, 4.69) is 45.1 Å². The molecule has 0 bridgehead atoms. The number of hydrogen-bond acceptors (Lipinski definition) is 3. The minimum Gasteiger partial charge on any atom is -0.496 e. The lowest BCUT2D eigenvalue weighted by molar-refractivity contribution is 0.102. The van der Waals surface area contributed by atoms with Crippen molar-refractivity contribution in [3.05, 3.63) is 88.5 Å². The highest BCUT2D eigenvalue weighted by molar-refractivity contribution is 6.05. The van der Waals surface area contributed by atoms with Crippen molar-refractivity contribution in [2.75, 3.05) is 12.4 Å². The number of rotatable bonds is 7. The van der Waals surface area contributed by atoms with Crippen LogP contribution in [0.2, 0.25) is 0 Å². The van der Waals surface area contributed by atoms with Gasteiger partial charge in [-0.25, -0.2) is 0 Å². The number of nitrogens with one attached hydrogen (secondary N) is 1. The minimum absolute atomic E-state index is 0.0954. The maximum Gasteiger partial charge on any atom is 0.255 e. The molecule has 0 saturated carbocycles. The van der Waals surface area contributed by atoms with E-state index < -0.39 is 0 Å². The van der Waals surface area contributed by atoms with Crippen LogP contribution in [-0.2, 0) is 18.4 Å². The third-order valence-electron chi connectivity index (χ3n) is 5.64. The number of para-hydroxylation sites is 1. The third-order valence-corrected chi connectivity index (χ3v) is 5.64. The zero-order valence-corrected chi connectivity index (χ0v) is 19.9. The molecule has 0 heterocycles. The highest BCUT2D eigenvalue weighted by Gasteiger charge is 2.15. The zero-order chi connectivity index (χ0) is 23.3. The summed E-state index contributed by atoms with van der Waals surface area (Å²) in [6.45, 7) is 11.0. The van der Waals surface area contributed by atoms with E-state index in [4.69, 9.17) is 9.47 Å². The third kappa shape index (κ3) is 5.50. The fourth-order valence-electron chi connectivity index (χ4n) is 3.63. The van der Waals surface area contributed by atoms with E-state index >= 15 is 0 Å². The summed E-state index contributed by atoms with van der Waals surface area (Å²) in [5.74, 6) is 1.33. The van der Waals surface area contributed by atoms with Crippen LogP contribution in [0.4, 0.5) is 5.69 Å². The van der Waals surface area contributed by atoms with Gasteiger partial charge >= 0.3 is 0 Å². The van der Waals surface area contributed by atoms with Gasteiger partial charge in [-0.2, -0.15) is 0 Å². The summed E-state index contributed by atoms with van der Waals surface area (Å²) in [4.78, 5) is 13.0. The monoisotopic (exact) mass is 431 g/mol. The van der Waals surface area contributed by atoms with Crippen LogP contribution >= 0.6 is 0 Å². The first kappa shape index (κ1) is 23.4. The van der Waals surface area contributed by atoms with Crippen LogP contribution < -0.4 is 14.8 Å². The molecule has 0 fully saturated rings. The largest absolute Gasteiger partial charge is 0.496 e. The normalized spacial score (nSPS) is 11.2. The Morgan fingerprint density at radius 1 is 0.969 bits per heavy atom. The molecule has 32 heavy (non-hydrogen) atoms. The maximum atomic E-state index is 13.0. The summed E-state index contributed by atoms with van der Waals surface area (Å²) in [6.07, 6.45) is 0.854. The molecule has 1 N–H and O–H groups in total. The summed E-state index contributed by atoms with van der Waals surface area (Å²) in [6, 6.07) is 19.6. The molecule has 0 aromatic heterocycles. The van der Waals surface area contributed by atoms with E-state index in [1.165, 1.54) is 5.56 Å². The molecule has 168 valence electrons. The van der Waals surface area contributed by atoms with Crippen molar-refractivity contribution in [2.45, 2.75) is 53.1 Å². The topological polar surface area (TPSA) is 47.6 Å². The molecule has 0 aliphatic rings. The number of amides is 1. The summed E-state index contributed by atoms with van der Waals surface area (Å²) in [7, 11) is 1.62. The molecule has 3 aromatic rings. The number of aryl methyl sites for hydroxylation is 2. The van der Waals surface area contributed by atoms with E-state index in [-0.39, 0.29) is 11.3 Å². The lowest BCUT2D eigenvalue weighted by Crippen LogP contribution is -2.15. The summed E-state index contributed by atoms with van der Waals surface area (Å²) in [5, 5.41) is 3.08. The number of methoxy groups -OCH3 is 1. The molecule has 1 amide bonds. The zero-order valence-electron chi connectivity index (χ0n) is 19.9. The minimum atomic E-state index is -0.146. The molecule has 4 nitrogen and oxygen atoms in total. The fraction of sp³-hybridized carbons (Fsp3) is 0.321. The lowest BCUT2D eigenvalue weighted by atomic mass is 9.87. The molecule has 0 saturated heterocycles. The molecule has 3 rings (SSSR count). The van der Waals surface area contributed by atoms with Crippen molar-refractivity contribution in [1.82, 2.24) is 0 Å². The second-order valence-electron chi connectivity index (χ2n) is 9.01. The second kappa shape index (κ2) is 9.90. The van der Waals surface area contributed by atoms with Crippen molar-refractivity contribution in [3.63, 3.8) is 0 Å². The molecule has 3 aromatic carbocycles. The number of anilines is 1. The van der Waals surface area contributed by atoms with Crippen LogP contribution in [0.15, 0.2) is 60.7 Å². The van der Waals surface area contributed by atoms with Gasteiger partial charge in [0, 0.05) is 16.8 Å². The number of benzene rings is 3. The van der Waals surface area contributed by atoms with Crippen molar-refractivity contribution < 1.29 is 14.3 Å². The predicted molar refractivity (Wildman–Crippen MR) is 131 cm³/mol. The van der Waals surface area contributed by atoms with Gasteiger partial charge in [0.25, 0.3) is 5.91 Å². The molecule has 0 atom stereocenters. The van der Waals surface area contributed by atoms with Crippen molar-refractivity contribution in [3.8, 4) is 11.5 Å². The highest BCUT2D eigenvalue weighted by Crippen LogP contribution is 2.27. The van der Waals surface area contributed by atoms with Gasteiger partial charge in [0.2, 0.25) is 0 Å².